The molecule has 0 atom stereocenters. The lowest BCUT2D eigenvalue weighted by molar-refractivity contribution is 0.0696. The van der Waals surface area contributed by atoms with Gasteiger partial charge in [-0.05, 0) is 54.1 Å². The third kappa shape index (κ3) is 4.09. The zero-order valence-electron chi connectivity index (χ0n) is 16.8. The average molecular weight is 418 g/mol. The Kier molecular flexibility index (Phi) is 5.36. The molecule has 0 aliphatic carbocycles. The first-order valence-electron chi connectivity index (χ1n) is 9.33. The van der Waals surface area contributed by atoms with Crippen molar-refractivity contribution in [2.75, 3.05) is 14.2 Å². The van der Waals surface area contributed by atoms with Crippen molar-refractivity contribution in [1.82, 2.24) is 9.97 Å². The molecule has 0 unspecified atom stereocenters. The molecular weight excluding hydrogens is 400 g/mol. The quantitative estimate of drug-likeness (QED) is 0.448. The number of carboxylic acids is 1. The SMILES string of the molecule is COc1ccc(C(=O)Cc2cc(C(=O)O)cc(-c3nc4ncccc4o3)c2)cc1OC. The number of oxazole rings is 1. The van der Waals surface area contributed by atoms with Gasteiger partial charge in [-0.1, -0.05) is 0 Å². The molecule has 0 spiro atoms. The summed E-state index contributed by atoms with van der Waals surface area (Å²) in [6.07, 6.45) is 1.58. The van der Waals surface area contributed by atoms with Crippen LogP contribution in [0.15, 0.2) is 59.1 Å². The van der Waals surface area contributed by atoms with Crippen molar-refractivity contribution in [1.29, 1.82) is 0 Å². The first-order valence-corrected chi connectivity index (χ1v) is 9.33. The summed E-state index contributed by atoms with van der Waals surface area (Å²) in [5, 5.41) is 9.52. The van der Waals surface area contributed by atoms with E-state index in [0.717, 1.165) is 0 Å². The highest BCUT2D eigenvalue weighted by Gasteiger charge is 2.17. The van der Waals surface area contributed by atoms with Crippen LogP contribution in [0.3, 0.4) is 0 Å². The number of aromatic nitrogens is 2. The minimum atomic E-state index is -1.11. The van der Waals surface area contributed by atoms with Gasteiger partial charge in [0.25, 0.3) is 0 Å². The number of ketones is 1. The lowest BCUT2D eigenvalue weighted by Crippen LogP contribution is -2.06. The van der Waals surface area contributed by atoms with E-state index in [9.17, 15) is 14.7 Å². The average Bonchev–Trinajstić information content (AvgIpc) is 3.22. The van der Waals surface area contributed by atoms with Crippen molar-refractivity contribution in [3.8, 4) is 23.0 Å². The first-order chi connectivity index (χ1) is 15.0. The Morgan fingerprint density at radius 1 is 1.00 bits per heavy atom. The Hall–Kier alpha value is -4.20. The Bertz CT molecular complexity index is 1260. The maximum absolute atomic E-state index is 12.9. The molecule has 1 N–H and O–H groups in total. The minimum absolute atomic E-state index is 0.0118. The number of fused-ring (bicyclic) bond motifs is 1. The molecule has 156 valence electrons. The highest BCUT2D eigenvalue weighted by atomic mass is 16.5. The lowest BCUT2D eigenvalue weighted by Gasteiger charge is -2.10. The summed E-state index contributed by atoms with van der Waals surface area (Å²) in [6.45, 7) is 0. The summed E-state index contributed by atoms with van der Waals surface area (Å²) in [7, 11) is 3.00. The number of hydrogen-bond acceptors (Lipinski definition) is 7. The molecule has 0 saturated heterocycles. The third-order valence-electron chi connectivity index (χ3n) is 4.72. The summed E-state index contributed by atoms with van der Waals surface area (Å²) in [4.78, 5) is 32.9. The van der Waals surface area contributed by atoms with Crippen molar-refractivity contribution < 1.29 is 28.6 Å². The van der Waals surface area contributed by atoms with E-state index in [-0.39, 0.29) is 23.7 Å². The summed E-state index contributed by atoms with van der Waals surface area (Å²) < 4.78 is 16.2. The highest BCUT2D eigenvalue weighted by molar-refractivity contribution is 5.99. The normalized spacial score (nSPS) is 10.8. The molecule has 0 aliphatic heterocycles. The van der Waals surface area contributed by atoms with Gasteiger partial charge in [-0.2, -0.15) is 4.98 Å². The summed E-state index contributed by atoms with van der Waals surface area (Å²) in [5.74, 6) is -0.132. The van der Waals surface area contributed by atoms with E-state index < -0.39 is 5.97 Å². The van der Waals surface area contributed by atoms with Gasteiger partial charge in [0, 0.05) is 23.7 Å². The van der Waals surface area contributed by atoms with Crippen LogP contribution in [0.5, 0.6) is 11.5 Å². The molecule has 4 rings (SSSR count). The maximum Gasteiger partial charge on any atom is 0.335 e. The van der Waals surface area contributed by atoms with Gasteiger partial charge in [0.2, 0.25) is 5.89 Å². The molecule has 0 bridgehead atoms. The molecule has 31 heavy (non-hydrogen) atoms. The summed E-state index contributed by atoms with van der Waals surface area (Å²) in [6, 6.07) is 12.9. The molecule has 0 radical (unpaired) electrons. The fourth-order valence-corrected chi connectivity index (χ4v) is 3.23. The third-order valence-corrected chi connectivity index (χ3v) is 4.72. The zero-order valence-corrected chi connectivity index (χ0v) is 16.8. The predicted molar refractivity (Wildman–Crippen MR) is 112 cm³/mol. The number of nitrogens with zero attached hydrogens (tertiary/aromatic N) is 2. The van der Waals surface area contributed by atoms with Crippen LogP contribution >= 0.6 is 0 Å². The van der Waals surface area contributed by atoms with Gasteiger partial charge in [-0.15, -0.1) is 0 Å². The van der Waals surface area contributed by atoms with Gasteiger partial charge in [-0.25, -0.2) is 9.78 Å². The van der Waals surface area contributed by atoms with Crippen molar-refractivity contribution in [2.45, 2.75) is 6.42 Å². The number of methoxy groups -OCH3 is 2. The molecule has 0 amide bonds. The van der Waals surface area contributed by atoms with Gasteiger partial charge in [0.05, 0.1) is 19.8 Å². The Labute approximate surface area is 177 Å². The van der Waals surface area contributed by atoms with Gasteiger partial charge in [0.15, 0.2) is 28.5 Å². The number of carbonyl (C=O) groups excluding carboxylic acids is 1. The maximum atomic E-state index is 12.9. The van der Waals surface area contributed by atoms with Gasteiger partial charge in [-0.3, -0.25) is 4.79 Å². The second-order valence-electron chi connectivity index (χ2n) is 6.74. The van der Waals surface area contributed by atoms with Crippen molar-refractivity contribution in [3.63, 3.8) is 0 Å². The molecule has 8 heteroatoms. The van der Waals surface area contributed by atoms with E-state index in [1.807, 2.05) is 0 Å². The summed E-state index contributed by atoms with van der Waals surface area (Å²) in [5.41, 5.74) is 2.33. The molecule has 2 heterocycles. The van der Waals surface area contributed by atoms with E-state index in [2.05, 4.69) is 9.97 Å². The fourth-order valence-electron chi connectivity index (χ4n) is 3.23. The van der Waals surface area contributed by atoms with Gasteiger partial charge < -0.3 is 19.0 Å². The second kappa shape index (κ2) is 8.27. The highest BCUT2D eigenvalue weighted by Crippen LogP contribution is 2.29. The van der Waals surface area contributed by atoms with Crippen LogP contribution in [0.4, 0.5) is 0 Å². The molecule has 2 aromatic heterocycles. The number of ether oxygens (including phenoxy) is 2. The minimum Gasteiger partial charge on any atom is -0.493 e. The van der Waals surface area contributed by atoms with E-state index in [0.29, 0.717) is 39.4 Å². The number of rotatable bonds is 7. The van der Waals surface area contributed by atoms with Crippen LogP contribution in [-0.2, 0) is 6.42 Å². The lowest BCUT2D eigenvalue weighted by atomic mass is 9.98. The van der Waals surface area contributed by atoms with E-state index in [1.165, 1.54) is 26.4 Å². The second-order valence-corrected chi connectivity index (χ2v) is 6.74. The zero-order chi connectivity index (χ0) is 22.0. The van der Waals surface area contributed by atoms with Crippen molar-refractivity contribution >= 4 is 23.0 Å². The predicted octanol–water partition coefficient (Wildman–Crippen LogP) is 4.03. The Morgan fingerprint density at radius 2 is 1.81 bits per heavy atom. The fraction of sp³-hybridized carbons (Fsp3) is 0.130. The standard InChI is InChI=1S/C23H18N2O6/c1-29-18-6-5-14(12-20(18)30-2)17(26)10-13-8-15(11-16(9-13)23(27)28)22-25-21-19(31-22)4-3-7-24-21/h3-9,11-12H,10H2,1-2H3,(H,27,28). The van der Waals surface area contributed by atoms with Crippen LogP contribution < -0.4 is 9.47 Å². The van der Waals surface area contributed by atoms with Gasteiger partial charge in [0.1, 0.15) is 0 Å². The molecule has 8 nitrogen and oxygen atoms in total. The number of pyridine rings is 1. The number of carboxylic acid groups (broad SMARTS) is 1. The number of carbonyl (C=O) groups is 2. The van der Waals surface area contributed by atoms with Crippen LogP contribution in [-0.4, -0.2) is 41.0 Å². The number of aromatic carboxylic acids is 1. The Morgan fingerprint density at radius 3 is 2.52 bits per heavy atom. The molecule has 0 aliphatic rings. The van der Waals surface area contributed by atoms with E-state index >= 15 is 0 Å². The molecule has 4 aromatic rings. The molecule has 0 saturated carbocycles. The van der Waals surface area contributed by atoms with Crippen LogP contribution in [0.25, 0.3) is 22.7 Å². The monoisotopic (exact) mass is 418 g/mol. The number of Topliss-reactive ketones (excluding diaryl/α,β-unsaturated/α-hetero) is 1. The Balaban J connectivity index is 1.69. The van der Waals surface area contributed by atoms with E-state index in [1.54, 1.807) is 42.6 Å². The van der Waals surface area contributed by atoms with Crippen LogP contribution in [0, 0.1) is 0 Å². The van der Waals surface area contributed by atoms with Crippen molar-refractivity contribution in [3.05, 3.63) is 71.4 Å². The van der Waals surface area contributed by atoms with Crippen LogP contribution in [0.2, 0.25) is 0 Å². The number of hydrogen-bond donors (Lipinski definition) is 1. The largest absolute Gasteiger partial charge is 0.493 e. The van der Waals surface area contributed by atoms with E-state index in [4.69, 9.17) is 13.9 Å². The smallest absolute Gasteiger partial charge is 0.335 e. The molecule has 0 fully saturated rings. The topological polar surface area (TPSA) is 112 Å². The first kappa shape index (κ1) is 20.1. The summed E-state index contributed by atoms with van der Waals surface area (Å²) >= 11 is 0. The van der Waals surface area contributed by atoms with Crippen LogP contribution in [0.1, 0.15) is 26.3 Å². The molecular formula is C23H18N2O6. The number of benzene rings is 2. The van der Waals surface area contributed by atoms with Gasteiger partial charge >= 0.3 is 5.97 Å². The van der Waals surface area contributed by atoms with Crippen molar-refractivity contribution in [2.24, 2.45) is 0 Å². The molecule has 2 aromatic carbocycles.